The Labute approximate surface area is 173 Å². The zero-order valence-electron chi connectivity index (χ0n) is 14.8. The Morgan fingerprint density at radius 3 is 2.74 bits per heavy atom. The molecule has 0 saturated carbocycles. The van der Waals surface area contributed by atoms with Crippen molar-refractivity contribution in [3.8, 4) is 0 Å². The van der Waals surface area contributed by atoms with Gasteiger partial charge in [0.2, 0.25) is 0 Å². The Balaban J connectivity index is 1.51. The lowest BCUT2D eigenvalue weighted by atomic mass is 9.78. The maximum Gasteiger partial charge on any atom is 0.152 e. The normalized spacial score (nSPS) is 19.0. The molecular weight excluding hydrogens is 405 g/mol. The third-order valence-corrected chi connectivity index (χ3v) is 7.29. The van der Waals surface area contributed by atoms with E-state index in [2.05, 4.69) is 14.9 Å². The minimum absolute atomic E-state index is 0.148. The summed E-state index contributed by atoms with van der Waals surface area (Å²) in [6, 6.07) is 5.49. The van der Waals surface area contributed by atoms with Gasteiger partial charge < -0.3 is 14.7 Å². The number of hydrogen-bond acceptors (Lipinski definition) is 6. The second-order valence-corrected chi connectivity index (χ2v) is 8.93. The van der Waals surface area contributed by atoms with Crippen molar-refractivity contribution in [3.63, 3.8) is 0 Å². The lowest BCUT2D eigenvalue weighted by molar-refractivity contribution is 0.133. The number of anilines is 1. The number of benzene rings is 1. The van der Waals surface area contributed by atoms with Gasteiger partial charge in [0, 0.05) is 24.6 Å². The maximum atomic E-state index is 9.84. The molecule has 8 heteroatoms. The van der Waals surface area contributed by atoms with Crippen LogP contribution in [0.1, 0.15) is 25.0 Å². The topological polar surface area (TPSA) is 58.5 Å². The summed E-state index contributed by atoms with van der Waals surface area (Å²) in [4.78, 5) is 12.3. The number of halogens is 2. The largest absolute Gasteiger partial charge is 0.390 e. The molecule has 0 bridgehead atoms. The van der Waals surface area contributed by atoms with E-state index in [0.717, 1.165) is 56.3 Å². The molecule has 0 unspecified atom stereocenters. The Kier molecular flexibility index (Phi) is 5.81. The van der Waals surface area contributed by atoms with Crippen molar-refractivity contribution in [2.45, 2.75) is 35.8 Å². The maximum absolute atomic E-state index is 9.84. The van der Waals surface area contributed by atoms with Crippen LogP contribution in [0.5, 0.6) is 0 Å². The molecule has 0 amide bonds. The average molecular weight is 426 g/mol. The van der Waals surface area contributed by atoms with Gasteiger partial charge in [-0.2, -0.15) is 0 Å². The third kappa shape index (κ3) is 4.05. The van der Waals surface area contributed by atoms with Crippen LogP contribution in [0.3, 0.4) is 0 Å². The number of nitrogens with zero attached hydrogens (tertiary/aromatic N) is 3. The third-order valence-electron chi connectivity index (χ3n) is 5.39. The molecule has 2 aromatic rings. The molecule has 144 valence electrons. The van der Waals surface area contributed by atoms with Gasteiger partial charge in [-0.25, -0.2) is 9.97 Å². The molecule has 1 N–H and O–H groups in total. The van der Waals surface area contributed by atoms with Gasteiger partial charge in [0.15, 0.2) is 5.82 Å². The van der Waals surface area contributed by atoms with Gasteiger partial charge in [0.1, 0.15) is 10.7 Å². The van der Waals surface area contributed by atoms with Gasteiger partial charge in [-0.3, -0.25) is 0 Å². The molecule has 1 aromatic carbocycles. The Bertz CT molecular complexity index is 821. The molecule has 1 aromatic heterocycles. The summed E-state index contributed by atoms with van der Waals surface area (Å²) in [5, 5.41) is 11.5. The van der Waals surface area contributed by atoms with Crippen molar-refractivity contribution in [1.29, 1.82) is 0 Å². The molecule has 2 saturated heterocycles. The lowest BCUT2D eigenvalue weighted by Gasteiger charge is -2.39. The number of rotatable bonds is 4. The van der Waals surface area contributed by atoms with Crippen LogP contribution < -0.4 is 4.90 Å². The molecule has 0 aliphatic carbocycles. The van der Waals surface area contributed by atoms with Crippen LogP contribution >= 0.6 is 35.0 Å². The second kappa shape index (κ2) is 8.13. The number of aromatic nitrogens is 2. The Morgan fingerprint density at radius 2 is 2.04 bits per heavy atom. The van der Waals surface area contributed by atoms with E-state index >= 15 is 0 Å². The molecule has 4 rings (SSSR count). The van der Waals surface area contributed by atoms with Crippen LogP contribution in [0.4, 0.5) is 5.82 Å². The van der Waals surface area contributed by atoms with Gasteiger partial charge in [0.25, 0.3) is 0 Å². The summed E-state index contributed by atoms with van der Waals surface area (Å²) in [6.07, 6.45) is 5.07. The predicted octanol–water partition coefficient (Wildman–Crippen LogP) is 4.43. The van der Waals surface area contributed by atoms with E-state index < -0.39 is 0 Å². The van der Waals surface area contributed by atoms with Gasteiger partial charge in [-0.15, -0.1) is 0 Å². The molecule has 2 aliphatic heterocycles. The molecule has 2 aliphatic rings. The van der Waals surface area contributed by atoms with E-state index in [1.807, 2.05) is 12.1 Å². The van der Waals surface area contributed by atoms with E-state index in [1.165, 1.54) is 11.8 Å². The van der Waals surface area contributed by atoms with Crippen molar-refractivity contribution in [2.75, 3.05) is 31.2 Å². The molecular formula is C19H21Cl2N3O2S. The highest BCUT2D eigenvalue weighted by Gasteiger charge is 2.38. The molecule has 0 atom stereocenters. The molecule has 5 nitrogen and oxygen atoms in total. The fraction of sp³-hybridized carbons (Fsp3) is 0.474. The van der Waals surface area contributed by atoms with Gasteiger partial charge in [0.05, 0.1) is 29.5 Å². The highest BCUT2D eigenvalue weighted by molar-refractivity contribution is 7.99. The van der Waals surface area contributed by atoms with Crippen LogP contribution in [-0.4, -0.2) is 41.4 Å². The number of ether oxygens (including phenoxy) is 1. The average Bonchev–Trinajstić information content (AvgIpc) is 3.14. The zero-order valence-corrected chi connectivity index (χ0v) is 17.2. The molecule has 27 heavy (non-hydrogen) atoms. The fourth-order valence-electron chi connectivity index (χ4n) is 3.73. The highest BCUT2D eigenvalue weighted by atomic mass is 35.5. The first-order chi connectivity index (χ1) is 13.1. The van der Waals surface area contributed by atoms with Crippen LogP contribution in [0.25, 0.3) is 0 Å². The van der Waals surface area contributed by atoms with Crippen molar-refractivity contribution in [3.05, 3.63) is 40.1 Å². The van der Waals surface area contributed by atoms with Crippen molar-refractivity contribution < 1.29 is 9.84 Å². The summed E-state index contributed by atoms with van der Waals surface area (Å²) in [6.45, 7) is 3.43. The summed E-state index contributed by atoms with van der Waals surface area (Å²) in [7, 11) is 0. The zero-order chi connectivity index (χ0) is 18.9. The van der Waals surface area contributed by atoms with Crippen molar-refractivity contribution >= 4 is 40.8 Å². The van der Waals surface area contributed by atoms with Crippen LogP contribution in [-0.2, 0) is 11.3 Å². The first-order valence-electron chi connectivity index (χ1n) is 9.02. The minimum Gasteiger partial charge on any atom is -0.390 e. The summed E-state index contributed by atoms with van der Waals surface area (Å²) in [5.41, 5.74) is 0.930. The molecule has 1 spiro atoms. The highest BCUT2D eigenvalue weighted by Crippen LogP contribution is 2.41. The second-order valence-electron chi connectivity index (χ2n) is 7.08. The number of piperidine rings is 1. The Morgan fingerprint density at radius 1 is 1.22 bits per heavy atom. The van der Waals surface area contributed by atoms with E-state index in [1.54, 1.807) is 12.3 Å². The van der Waals surface area contributed by atoms with Crippen molar-refractivity contribution in [2.24, 2.45) is 5.41 Å². The number of aliphatic hydroxyl groups is 1. The van der Waals surface area contributed by atoms with Gasteiger partial charge in [-0.1, -0.05) is 41.0 Å². The fourth-order valence-corrected chi connectivity index (χ4v) is 5.04. The molecule has 2 fully saturated rings. The van der Waals surface area contributed by atoms with Crippen LogP contribution in [0.15, 0.2) is 34.3 Å². The SMILES string of the molecule is OCc1nc(Sc2cccc(Cl)c2Cl)cnc1N1CCC2(CCOC2)CC1. The summed E-state index contributed by atoms with van der Waals surface area (Å²) < 4.78 is 5.60. The van der Waals surface area contributed by atoms with E-state index in [4.69, 9.17) is 27.9 Å². The lowest BCUT2D eigenvalue weighted by Crippen LogP contribution is -2.41. The smallest absolute Gasteiger partial charge is 0.152 e. The van der Waals surface area contributed by atoms with Crippen molar-refractivity contribution in [1.82, 2.24) is 9.97 Å². The van der Waals surface area contributed by atoms with Crippen LogP contribution in [0.2, 0.25) is 10.0 Å². The van der Waals surface area contributed by atoms with E-state index in [0.29, 0.717) is 26.2 Å². The molecule has 3 heterocycles. The summed E-state index contributed by atoms with van der Waals surface area (Å²) >= 11 is 13.7. The quantitative estimate of drug-likeness (QED) is 0.781. The molecule has 0 radical (unpaired) electrons. The first-order valence-corrected chi connectivity index (χ1v) is 10.6. The predicted molar refractivity (Wildman–Crippen MR) is 108 cm³/mol. The number of hydrogen-bond donors (Lipinski definition) is 1. The van der Waals surface area contributed by atoms with Crippen LogP contribution in [0, 0.1) is 5.41 Å². The summed E-state index contributed by atoms with van der Waals surface area (Å²) in [5.74, 6) is 0.771. The minimum atomic E-state index is -0.148. The monoisotopic (exact) mass is 425 g/mol. The van der Waals surface area contributed by atoms with Gasteiger partial charge in [-0.05, 0) is 36.8 Å². The standard InChI is InChI=1S/C19H21Cl2N3O2S/c20-13-2-1-3-15(17(13)21)27-16-10-22-18(14(11-25)23-16)24-7-4-19(5-8-24)6-9-26-12-19/h1-3,10,25H,4-9,11-12H2. The number of aliphatic hydroxyl groups excluding tert-OH is 1. The first kappa shape index (κ1) is 19.3. The Hall–Kier alpha value is -1.05. The van der Waals surface area contributed by atoms with E-state index in [-0.39, 0.29) is 6.61 Å². The van der Waals surface area contributed by atoms with Gasteiger partial charge >= 0.3 is 0 Å². The van der Waals surface area contributed by atoms with E-state index in [9.17, 15) is 5.11 Å².